The van der Waals surface area contributed by atoms with E-state index in [1.165, 1.54) is 22.9 Å². The van der Waals surface area contributed by atoms with Crippen molar-refractivity contribution in [3.8, 4) is 5.75 Å². The molecule has 9 heteroatoms. The average molecular weight is 562 g/mol. The zero-order valence-corrected chi connectivity index (χ0v) is 24.6. The van der Waals surface area contributed by atoms with Crippen molar-refractivity contribution in [1.29, 1.82) is 0 Å². The summed E-state index contributed by atoms with van der Waals surface area (Å²) >= 11 is 7.42. The number of benzene rings is 2. The Hall–Kier alpha value is -2.71. The summed E-state index contributed by atoms with van der Waals surface area (Å²) in [6, 6.07) is 11.5. The van der Waals surface area contributed by atoms with Gasteiger partial charge in [-0.15, -0.1) is 11.8 Å². The highest BCUT2D eigenvalue weighted by atomic mass is 35.5. The molecular formula is C29H40ClN3O4S. The van der Waals surface area contributed by atoms with Crippen molar-refractivity contribution in [3.63, 3.8) is 0 Å². The Morgan fingerprint density at radius 1 is 1.11 bits per heavy atom. The Kier molecular flexibility index (Phi) is 13.5. The Morgan fingerprint density at radius 3 is 2.47 bits per heavy atom. The van der Waals surface area contributed by atoms with Crippen molar-refractivity contribution < 1.29 is 14.5 Å². The molecule has 38 heavy (non-hydrogen) atoms. The lowest BCUT2D eigenvalue weighted by Gasteiger charge is -2.17. The third-order valence-corrected chi connectivity index (χ3v) is 7.40. The number of thioether (sulfide) groups is 1. The molecule has 2 unspecified atom stereocenters. The number of hydrogen-bond acceptors (Lipinski definition) is 6. The first-order chi connectivity index (χ1) is 18.1. The van der Waals surface area contributed by atoms with E-state index < -0.39 is 4.92 Å². The van der Waals surface area contributed by atoms with Crippen LogP contribution in [0.4, 0.5) is 11.4 Å². The lowest BCUT2D eigenvalue weighted by Crippen LogP contribution is -2.13. The van der Waals surface area contributed by atoms with E-state index in [-0.39, 0.29) is 5.91 Å². The van der Waals surface area contributed by atoms with Crippen LogP contribution < -0.4 is 15.4 Å². The van der Waals surface area contributed by atoms with Gasteiger partial charge in [-0.05, 0) is 72.7 Å². The Morgan fingerprint density at radius 2 is 1.82 bits per heavy atom. The number of amides is 1. The number of ether oxygens (including phenoxy) is 1. The van der Waals surface area contributed by atoms with Crippen molar-refractivity contribution in [2.24, 2.45) is 11.8 Å². The van der Waals surface area contributed by atoms with Gasteiger partial charge in [-0.2, -0.15) is 0 Å². The van der Waals surface area contributed by atoms with Gasteiger partial charge in [0.05, 0.1) is 22.2 Å². The maximum Gasteiger partial charge on any atom is 0.264 e. The zero-order chi connectivity index (χ0) is 28.1. The first kappa shape index (κ1) is 31.5. The van der Waals surface area contributed by atoms with Gasteiger partial charge in [0.25, 0.3) is 6.20 Å². The van der Waals surface area contributed by atoms with E-state index in [1.807, 2.05) is 0 Å². The minimum atomic E-state index is -0.533. The predicted molar refractivity (Wildman–Crippen MR) is 160 cm³/mol. The molecule has 208 valence electrons. The summed E-state index contributed by atoms with van der Waals surface area (Å²) < 4.78 is 6.12. The molecule has 2 rings (SSSR count). The Labute approximate surface area is 235 Å². The first-order valence-electron chi connectivity index (χ1n) is 13.1. The molecule has 0 radical (unpaired) electrons. The van der Waals surface area contributed by atoms with Crippen LogP contribution in [-0.2, 0) is 17.6 Å². The van der Waals surface area contributed by atoms with Gasteiger partial charge in [-0.1, -0.05) is 64.3 Å². The molecule has 0 spiro atoms. The maximum absolute atomic E-state index is 12.5. The lowest BCUT2D eigenvalue weighted by atomic mass is 9.93. The van der Waals surface area contributed by atoms with Crippen molar-refractivity contribution in [2.75, 3.05) is 23.5 Å². The minimum Gasteiger partial charge on any atom is -0.493 e. The van der Waals surface area contributed by atoms with E-state index in [0.29, 0.717) is 52.7 Å². The second kappa shape index (κ2) is 16.3. The van der Waals surface area contributed by atoms with Gasteiger partial charge in [0.2, 0.25) is 5.91 Å². The van der Waals surface area contributed by atoms with Gasteiger partial charge in [0, 0.05) is 12.1 Å². The smallest absolute Gasteiger partial charge is 0.264 e. The molecule has 2 atom stereocenters. The number of nitro groups is 1. The molecule has 0 aliphatic heterocycles. The Bertz CT molecular complexity index is 1110. The summed E-state index contributed by atoms with van der Waals surface area (Å²) in [6.07, 6.45) is 7.78. The molecule has 0 heterocycles. The largest absolute Gasteiger partial charge is 0.493 e. The molecule has 1 amide bonds. The molecule has 0 bridgehead atoms. The number of nitrogens with zero attached hydrogens (tertiary/aromatic N) is 1. The topological polar surface area (TPSA) is 93.5 Å². The molecule has 0 saturated carbocycles. The summed E-state index contributed by atoms with van der Waals surface area (Å²) in [5.74, 6) is 1.98. The van der Waals surface area contributed by atoms with Gasteiger partial charge in [-0.25, -0.2) is 0 Å². The monoisotopic (exact) mass is 561 g/mol. The molecule has 0 aliphatic rings. The molecule has 0 aromatic heterocycles. The number of carbonyl (C=O) groups excluding carboxylic acids is 1. The van der Waals surface area contributed by atoms with E-state index in [9.17, 15) is 14.9 Å². The van der Waals surface area contributed by atoms with E-state index in [2.05, 4.69) is 56.5 Å². The second-order valence-corrected chi connectivity index (χ2v) is 10.9. The van der Waals surface area contributed by atoms with Crippen molar-refractivity contribution in [1.82, 2.24) is 0 Å². The summed E-state index contributed by atoms with van der Waals surface area (Å²) in [5.41, 5.74) is 3.61. The SMILES string of the molecule is CCC(C)Cc1ccc(OCCCC(=O)Nc2ccc(Cl)c(NC(=C[N+](=O)[O-])SC)c2)c(CC(C)CC)c1. The molecule has 2 aromatic carbocycles. The number of carbonyl (C=O) groups is 1. The molecule has 0 saturated heterocycles. The summed E-state index contributed by atoms with van der Waals surface area (Å²) in [7, 11) is 0. The van der Waals surface area contributed by atoms with Crippen LogP contribution in [-0.4, -0.2) is 23.7 Å². The highest BCUT2D eigenvalue weighted by Crippen LogP contribution is 2.29. The number of anilines is 2. The standard InChI is InChI=1S/C29H40ClN3O4S/c1-6-20(3)15-22-10-13-27(23(17-22)16-21(4)7-2)37-14-8-9-28(34)31-24-11-12-25(30)26(18-24)32-29(38-5)19-33(35)36/h10-13,17-21,32H,6-9,14-16H2,1-5H3,(H,31,34). The van der Waals surface area contributed by atoms with E-state index in [0.717, 1.165) is 37.6 Å². The first-order valence-corrected chi connectivity index (χ1v) is 14.8. The van der Waals surface area contributed by atoms with Crippen molar-refractivity contribution in [3.05, 3.63) is 73.9 Å². The van der Waals surface area contributed by atoms with Crippen LogP contribution in [0.2, 0.25) is 5.02 Å². The van der Waals surface area contributed by atoms with E-state index >= 15 is 0 Å². The fourth-order valence-electron chi connectivity index (χ4n) is 3.83. The third kappa shape index (κ3) is 11.0. The van der Waals surface area contributed by atoms with Crippen LogP contribution in [0.15, 0.2) is 47.6 Å². The van der Waals surface area contributed by atoms with Gasteiger partial charge >= 0.3 is 0 Å². The Balaban J connectivity index is 1.94. The molecule has 2 N–H and O–H groups in total. The fraction of sp³-hybridized carbons (Fsp3) is 0.483. The number of nitrogens with one attached hydrogen (secondary N) is 2. The fourth-order valence-corrected chi connectivity index (χ4v) is 4.40. The van der Waals surface area contributed by atoms with Gasteiger partial charge in [0.1, 0.15) is 10.8 Å². The van der Waals surface area contributed by atoms with Crippen LogP contribution in [0.25, 0.3) is 0 Å². The van der Waals surface area contributed by atoms with Gasteiger partial charge in [-0.3, -0.25) is 14.9 Å². The van der Waals surface area contributed by atoms with Gasteiger partial charge < -0.3 is 15.4 Å². The lowest BCUT2D eigenvalue weighted by molar-refractivity contribution is -0.402. The molecule has 2 aromatic rings. The molecule has 7 nitrogen and oxygen atoms in total. The van der Waals surface area contributed by atoms with Crippen LogP contribution in [0, 0.1) is 22.0 Å². The minimum absolute atomic E-state index is 0.142. The number of hydrogen-bond donors (Lipinski definition) is 2. The van der Waals surface area contributed by atoms with Crippen molar-refractivity contribution >= 4 is 40.6 Å². The summed E-state index contributed by atoms with van der Waals surface area (Å²) in [6.45, 7) is 9.41. The summed E-state index contributed by atoms with van der Waals surface area (Å²) in [4.78, 5) is 22.8. The second-order valence-electron chi connectivity index (χ2n) is 9.68. The number of rotatable bonds is 16. The molecule has 0 fully saturated rings. The zero-order valence-electron chi connectivity index (χ0n) is 23.0. The van der Waals surface area contributed by atoms with E-state index in [4.69, 9.17) is 16.3 Å². The number of halogens is 1. The van der Waals surface area contributed by atoms with Crippen molar-refractivity contribution in [2.45, 2.75) is 66.2 Å². The average Bonchev–Trinajstić information content (AvgIpc) is 2.88. The van der Waals surface area contributed by atoms with Crippen LogP contribution in [0.1, 0.15) is 64.5 Å². The molecular weight excluding hydrogens is 522 g/mol. The highest BCUT2D eigenvalue weighted by molar-refractivity contribution is 8.02. The quantitative estimate of drug-likeness (QED) is 0.122. The highest BCUT2D eigenvalue weighted by Gasteiger charge is 2.12. The van der Waals surface area contributed by atoms with Gasteiger partial charge in [0.15, 0.2) is 0 Å². The normalized spacial score (nSPS) is 13.1. The van der Waals surface area contributed by atoms with Crippen LogP contribution >= 0.6 is 23.4 Å². The third-order valence-electron chi connectivity index (χ3n) is 6.43. The summed E-state index contributed by atoms with van der Waals surface area (Å²) in [5, 5.41) is 17.3. The van der Waals surface area contributed by atoms with E-state index in [1.54, 1.807) is 24.5 Å². The predicted octanol–water partition coefficient (Wildman–Crippen LogP) is 8.17. The molecule has 0 aliphatic carbocycles. The van der Waals surface area contributed by atoms with Crippen LogP contribution in [0.3, 0.4) is 0 Å². The maximum atomic E-state index is 12.5. The van der Waals surface area contributed by atoms with Crippen LogP contribution in [0.5, 0.6) is 5.75 Å².